The van der Waals surface area contributed by atoms with Crippen LogP contribution in [-0.4, -0.2) is 0 Å². The van der Waals surface area contributed by atoms with Crippen LogP contribution in [0.3, 0.4) is 0 Å². The molecule has 9 aromatic carbocycles. The summed E-state index contributed by atoms with van der Waals surface area (Å²) in [6.07, 6.45) is 0. The van der Waals surface area contributed by atoms with Crippen molar-refractivity contribution in [1.29, 1.82) is 0 Å². The molecule has 0 saturated carbocycles. The van der Waals surface area contributed by atoms with Crippen molar-refractivity contribution in [2.24, 2.45) is 0 Å². The Kier molecular flexibility index (Phi) is 8.28. The van der Waals surface area contributed by atoms with E-state index < -0.39 is 0 Å². The van der Waals surface area contributed by atoms with Gasteiger partial charge in [0.15, 0.2) is 0 Å². The van der Waals surface area contributed by atoms with E-state index in [2.05, 4.69) is 217 Å². The van der Waals surface area contributed by atoms with Crippen molar-refractivity contribution in [3.63, 3.8) is 0 Å². The average molecular weight is 762 g/mol. The second kappa shape index (κ2) is 14.1. The molecule has 0 aliphatic carbocycles. The summed E-state index contributed by atoms with van der Waals surface area (Å²) in [6.45, 7) is 0. The van der Waals surface area contributed by atoms with Crippen LogP contribution in [-0.2, 0) is 0 Å². The van der Waals surface area contributed by atoms with Gasteiger partial charge in [-0.2, -0.15) is 0 Å². The van der Waals surface area contributed by atoms with Gasteiger partial charge in [0.25, 0.3) is 0 Å². The van der Waals surface area contributed by atoms with Gasteiger partial charge < -0.3 is 4.90 Å². The predicted octanol–water partition coefficient (Wildman–Crippen LogP) is 16.6. The molecule has 0 aliphatic rings. The van der Waals surface area contributed by atoms with Crippen molar-refractivity contribution in [3.8, 4) is 43.8 Å². The molecular weight excluding hydrogens is 727 g/mol. The highest BCUT2D eigenvalue weighted by molar-refractivity contribution is 7.25. The monoisotopic (exact) mass is 761 g/mol. The summed E-state index contributed by atoms with van der Waals surface area (Å²) >= 11 is 3.71. The van der Waals surface area contributed by atoms with Crippen LogP contribution in [0.5, 0.6) is 0 Å². The summed E-state index contributed by atoms with van der Waals surface area (Å²) < 4.78 is 3.98. The molecule has 3 heteroatoms. The fraction of sp³-hybridized carbons (Fsp3) is 0. The van der Waals surface area contributed by atoms with Gasteiger partial charge in [0.05, 0.1) is 0 Å². The summed E-state index contributed by atoms with van der Waals surface area (Å²) in [5.74, 6) is 0. The van der Waals surface area contributed by atoms with Gasteiger partial charge >= 0.3 is 0 Å². The van der Waals surface area contributed by atoms with Crippen LogP contribution in [0.15, 0.2) is 212 Å². The van der Waals surface area contributed by atoms with Crippen molar-refractivity contribution >= 4 is 80.8 Å². The van der Waals surface area contributed by atoms with Crippen LogP contribution < -0.4 is 4.90 Å². The zero-order valence-electron chi connectivity index (χ0n) is 31.0. The summed E-state index contributed by atoms with van der Waals surface area (Å²) in [4.78, 5) is 3.64. The molecule has 11 aromatic rings. The van der Waals surface area contributed by atoms with Gasteiger partial charge in [-0.15, -0.1) is 22.7 Å². The largest absolute Gasteiger partial charge is 0.311 e. The van der Waals surface area contributed by atoms with Gasteiger partial charge in [-0.05, 0) is 128 Å². The van der Waals surface area contributed by atoms with Gasteiger partial charge in [0.1, 0.15) is 0 Å². The molecule has 2 aromatic heterocycles. The Bertz CT molecular complexity index is 3170. The molecule has 0 bridgehead atoms. The van der Waals surface area contributed by atoms with Gasteiger partial charge in [-0.3, -0.25) is 0 Å². The third-order valence-corrected chi connectivity index (χ3v) is 13.4. The Morgan fingerprint density at radius 3 is 1.37 bits per heavy atom. The van der Waals surface area contributed by atoms with E-state index in [9.17, 15) is 0 Å². The van der Waals surface area contributed by atoms with Crippen LogP contribution >= 0.6 is 22.7 Å². The lowest BCUT2D eigenvalue weighted by Gasteiger charge is -2.26. The molecule has 0 radical (unpaired) electrons. The predicted molar refractivity (Wildman–Crippen MR) is 249 cm³/mol. The van der Waals surface area contributed by atoms with Gasteiger partial charge in [0.2, 0.25) is 0 Å². The molecule has 57 heavy (non-hydrogen) atoms. The topological polar surface area (TPSA) is 3.24 Å². The van der Waals surface area contributed by atoms with Crippen molar-refractivity contribution in [1.82, 2.24) is 0 Å². The number of hydrogen-bond donors (Lipinski definition) is 0. The second-order valence-corrected chi connectivity index (χ2v) is 16.7. The first-order chi connectivity index (χ1) is 28.2. The third-order valence-electron chi connectivity index (χ3n) is 11.1. The van der Waals surface area contributed by atoms with E-state index in [1.54, 1.807) is 0 Å². The lowest BCUT2D eigenvalue weighted by atomic mass is 9.98. The van der Waals surface area contributed by atoms with Gasteiger partial charge in [0, 0.05) is 46.8 Å². The maximum atomic E-state index is 2.36. The number of anilines is 3. The van der Waals surface area contributed by atoms with Crippen LogP contribution in [0.2, 0.25) is 0 Å². The highest BCUT2D eigenvalue weighted by atomic mass is 32.1. The van der Waals surface area contributed by atoms with E-state index in [0.29, 0.717) is 0 Å². The Hall–Kier alpha value is -6.78. The van der Waals surface area contributed by atoms with Crippen LogP contribution in [0, 0.1) is 0 Å². The zero-order valence-corrected chi connectivity index (χ0v) is 32.6. The average Bonchev–Trinajstić information content (AvgIpc) is 3.89. The third kappa shape index (κ3) is 6.28. The summed E-state index contributed by atoms with van der Waals surface area (Å²) in [5.41, 5.74) is 11.9. The smallest absolute Gasteiger partial charge is 0.0462 e. The molecular formula is C54H35NS2. The van der Waals surface area contributed by atoms with Gasteiger partial charge in [-0.25, -0.2) is 0 Å². The summed E-state index contributed by atoms with van der Waals surface area (Å²) in [7, 11) is 0. The van der Waals surface area contributed by atoms with Crippen molar-refractivity contribution in [2.45, 2.75) is 0 Å². The molecule has 2 heterocycles. The van der Waals surface area contributed by atoms with Crippen LogP contribution in [0.4, 0.5) is 17.1 Å². The van der Waals surface area contributed by atoms with E-state index in [0.717, 1.165) is 17.1 Å². The number of rotatable bonds is 7. The van der Waals surface area contributed by atoms with E-state index in [4.69, 9.17) is 0 Å². The zero-order chi connectivity index (χ0) is 37.7. The number of fused-ring (bicyclic) bond motifs is 5. The summed E-state index contributed by atoms with van der Waals surface area (Å²) in [6, 6.07) is 77.7. The quantitative estimate of drug-likeness (QED) is 0.156. The molecule has 268 valence electrons. The first-order valence-electron chi connectivity index (χ1n) is 19.3. The lowest BCUT2D eigenvalue weighted by molar-refractivity contribution is 1.28. The van der Waals surface area contributed by atoms with Crippen LogP contribution in [0.1, 0.15) is 0 Å². The SMILES string of the molecule is c1ccc2cc(-c3ccc(N(c4ccc(-c5ccc(-c6ccc7sc8ccccc8c7c6)cc5)cc4)c4ccc(-c5cc6ccccc6s5)cc4)cc3)ccc2c1. The standard InChI is InChI=1S/C54H35NS2/c1-2-8-42-33-43(18-17-36(42)7-1)40-21-28-47(29-22-40)55(48-30-23-41(24-31-48)54-35-45-9-3-5-11-51(45)56-54)46-26-19-38(20-27-46)37-13-15-39(16-14-37)44-25-32-53-50(34-44)49-10-4-6-12-52(49)57-53/h1-35H. The van der Waals surface area contributed by atoms with Crippen molar-refractivity contribution in [3.05, 3.63) is 212 Å². The van der Waals surface area contributed by atoms with E-state index in [1.807, 2.05) is 22.7 Å². The fourth-order valence-electron chi connectivity index (χ4n) is 8.08. The molecule has 0 atom stereocenters. The minimum atomic E-state index is 1.11. The van der Waals surface area contributed by atoms with Crippen molar-refractivity contribution < 1.29 is 0 Å². The lowest BCUT2D eigenvalue weighted by Crippen LogP contribution is -2.09. The van der Waals surface area contributed by atoms with Crippen LogP contribution in [0.25, 0.3) is 84.9 Å². The Morgan fingerprint density at radius 2 is 0.719 bits per heavy atom. The number of nitrogens with zero attached hydrogens (tertiary/aromatic N) is 1. The fourth-order valence-corrected chi connectivity index (χ4v) is 10.2. The molecule has 0 amide bonds. The molecule has 11 rings (SSSR count). The highest BCUT2D eigenvalue weighted by Gasteiger charge is 2.15. The molecule has 0 spiro atoms. The second-order valence-electron chi connectivity index (χ2n) is 14.6. The Labute approximate surface area is 340 Å². The first-order valence-corrected chi connectivity index (χ1v) is 20.9. The number of benzene rings is 9. The molecule has 0 saturated heterocycles. The van der Waals surface area contributed by atoms with Gasteiger partial charge in [-0.1, -0.05) is 140 Å². The van der Waals surface area contributed by atoms with E-state index in [1.165, 1.54) is 84.9 Å². The highest BCUT2D eigenvalue weighted by Crippen LogP contribution is 2.41. The number of hydrogen-bond acceptors (Lipinski definition) is 3. The minimum Gasteiger partial charge on any atom is -0.311 e. The molecule has 0 N–H and O–H groups in total. The van der Waals surface area contributed by atoms with Crippen molar-refractivity contribution in [2.75, 3.05) is 4.90 Å². The molecule has 0 fully saturated rings. The first kappa shape index (κ1) is 33.5. The maximum absolute atomic E-state index is 2.36. The molecule has 1 nitrogen and oxygen atoms in total. The summed E-state index contributed by atoms with van der Waals surface area (Å²) in [5, 5.41) is 6.46. The van der Waals surface area contributed by atoms with E-state index >= 15 is 0 Å². The number of thiophene rings is 2. The molecule has 0 aliphatic heterocycles. The Morgan fingerprint density at radius 1 is 0.263 bits per heavy atom. The normalized spacial score (nSPS) is 11.5. The maximum Gasteiger partial charge on any atom is 0.0462 e. The Balaban J connectivity index is 0.915. The molecule has 0 unspecified atom stereocenters. The van der Waals surface area contributed by atoms with E-state index in [-0.39, 0.29) is 0 Å². The minimum absolute atomic E-state index is 1.11.